The van der Waals surface area contributed by atoms with E-state index >= 15 is 0 Å². The molecule has 0 spiro atoms. The maximum atomic E-state index is 11.0. The summed E-state index contributed by atoms with van der Waals surface area (Å²) in [7, 11) is 0. The van der Waals surface area contributed by atoms with Gasteiger partial charge in [0.15, 0.2) is 0 Å². The molecule has 1 unspecified atom stereocenters. The molecule has 0 saturated heterocycles. The third-order valence-electron chi connectivity index (χ3n) is 7.03. The topological polar surface area (TPSA) is 40.5 Å². The minimum atomic E-state index is 0.00494. The molecule has 1 atom stereocenters. The highest BCUT2D eigenvalue weighted by Crippen LogP contribution is 2.42. The number of hydrogen-bond acceptors (Lipinski definition) is 2. The van der Waals surface area contributed by atoms with Gasteiger partial charge in [-0.25, -0.2) is 0 Å². The largest absolute Gasteiger partial charge is 0.508 e. The molecule has 0 amide bonds. The van der Waals surface area contributed by atoms with Crippen molar-refractivity contribution in [3.63, 3.8) is 0 Å². The summed E-state index contributed by atoms with van der Waals surface area (Å²) >= 11 is 0. The minimum Gasteiger partial charge on any atom is -0.508 e. The van der Waals surface area contributed by atoms with E-state index in [4.69, 9.17) is 0 Å². The summed E-state index contributed by atoms with van der Waals surface area (Å²) in [5.74, 6) is 0.595. The van der Waals surface area contributed by atoms with Gasteiger partial charge < -0.3 is 10.2 Å². The van der Waals surface area contributed by atoms with Crippen LogP contribution in [-0.2, 0) is 0 Å². The summed E-state index contributed by atoms with van der Waals surface area (Å²) in [4.78, 5) is 0. The van der Waals surface area contributed by atoms with Crippen LogP contribution in [0.1, 0.15) is 29.5 Å². The molecule has 0 aromatic heterocycles. The van der Waals surface area contributed by atoms with Gasteiger partial charge in [-0.1, -0.05) is 73.7 Å². The van der Waals surface area contributed by atoms with Crippen LogP contribution in [0.4, 0.5) is 0 Å². The molecule has 6 aromatic carbocycles. The average molecular weight is 429 g/mol. The number of aryl methyl sites for hydroxylation is 1. The fourth-order valence-corrected chi connectivity index (χ4v) is 5.26. The molecule has 2 heteroatoms. The van der Waals surface area contributed by atoms with Crippen molar-refractivity contribution in [2.24, 2.45) is 0 Å². The molecule has 33 heavy (non-hydrogen) atoms. The monoisotopic (exact) mass is 428 g/mol. The van der Waals surface area contributed by atoms with Gasteiger partial charge >= 0.3 is 0 Å². The van der Waals surface area contributed by atoms with Gasteiger partial charge in [-0.15, -0.1) is 0 Å². The Labute approximate surface area is 192 Å². The molecule has 0 saturated carbocycles. The van der Waals surface area contributed by atoms with E-state index < -0.39 is 0 Å². The highest BCUT2D eigenvalue weighted by molar-refractivity contribution is 6.23. The van der Waals surface area contributed by atoms with Gasteiger partial charge in [0.05, 0.1) is 0 Å². The Morgan fingerprint density at radius 1 is 0.606 bits per heavy atom. The van der Waals surface area contributed by atoms with E-state index in [1.807, 2.05) is 25.1 Å². The van der Waals surface area contributed by atoms with Crippen LogP contribution in [-0.4, -0.2) is 10.2 Å². The van der Waals surface area contributed by atoms with Crippen molar-refractivity contribution >= 4 is 32.3 Å². The van der Waals surface area contributed by atoms with Crippen LogP contribution in [0.5, 0.6) is 11.5 Å². The van der Waals surface area contributed by atoms with Gasteiger partial charge in [0.25, 0.3) is 0 Å². The lowest BCUT2D eigenvalue weighted by Gasteiger charge is -2.21. The van der Waals surface area contributed by atoms with Gasteiger partial charge in [0.2, 0.25) is 0 Å². The van der Waals surface area contributed by atoms with Gasteiger partial charge in [-0.05, 0) is 85.8 Å². The molecule has 0 radical (unpaired) electrons. The van der Waals surface area contributed by atoms with Crippen LogP contribution in [0.3, 0.4) is 0 Å². The third-order valence-corrected chi connectivity index (χ3v) is 7.03. The van der Waals surface area contributed by atoms with E-state index in [1.165, 1.54) is 37.9 Å². The molecule has 0 aliphatic carbocycles. The fraction of sp³-hybridized carbons (Fsp3) is 0.0968. The summed E-state index contributed by atoms with van der Waals surface area (Å²) in [5.41, 5.74) is 5.01. The number of phenolic OH excluding ortho intramolecular Hbond substituents is 2. The first-order chi connectivity index (χ1) is 16.0. The quantitative estimate of drug-likeness (QED) is 0.279. The van der Waals surface area contributed by atoms with Crippen molar-refractivity contribution in [3.05, 3.63) is 108 Å². The lowest BCUT2D eigenvalue weighted by molar-refractivity contribution is 0.462. The van der Waals surface area contributed by atoms with E-state index in [2.05, 4.69) is 67.6 Å². The summed E-state index contributed by atoms with van der Waals surface area (Å²) in [6, 6.07) is 31.0. The Hall–Kier alpha value is -4.04. The van der Waals surface area contributed by atoms with Crippen LogP contribution in [0.15, 0.2) is 91.0 Å². The van der Waals surface area contributed by atoms with E-state index in [0.29, 0.717) is 5.75 Å². The molecular formula is C31H24O2. The van der Waals surface area contributed by atoms with Crippen molar-refractivity contribution in [2.45, 2.75) is 19.8 Å². The Balaban J connectivity index is 1.57. The molecule has 160 valence electrons. The van der Waals surface area contributed by atoms with E-state index in [-0.39, 0.29) is 11.7 Å². The number of hydrogen-bond donors (Lipinski definition) is 2. The zero-order chi connectivity index (χ0) is 22.7. The van der Waals surface area contributed by atoms with Crippen LogP contribution in [0.25, 0.3) is 43.4 Å². The second-order valence-corrected chi connectivity index (χ2v) is 9.01. The van der Waals surface area contributed by atoms with Gasteiger partial charge in [0, 0.05) is 11.5 Å². The Kier molecular flexibility index (Phi) is 4.31. The lowest BCUT2D eigenvalue weighted by atomic mass is 9.84. The van der Waals surface area contributed by atoms with E-state index in [1.54, 1.807) is 12.1 Å². The molecule has 0 bridgehead atoms. The molecule has 0 heterocycles. The SMILES string of the molecule is Cc1cc(-c2ccc(O)cc2)cc(C(C)c2ccc3ccc4cccc5ccc2c3c45)c1O. The average Bonchev–Trinajstić information content (AvgIpc) is 2.84. The van der Waals surface area contributed by atoms with Crippen molar-refractivity contribution in [1.29, 1.82) is 0 Å². The second kappa shape index (κ2) is 7.25. The number of phenols is 2. The molecule has 0 fully saturated rings. The third kappa shape index (κ3) is 3.02. The molecule has 2 N–H and O–H groups in total. The second-order valence-electron chi connectivity index (χ2n) is 9.01. The first-order valence-electron chi connectivity index (χ1n) is 11.3. The normalized spacial score (nSPS) is 12.7. The number of aromatic hydroxyl groups is 2. The molecule has 6 rings (SSSR count). The lowest BCUT2D eigenvalue weighted by Crippen LogP contribution is -2.00. The molecule has 0 aliphatic heterocycles. The summed E-state index contributed by atoms with van der Waals surface area (Å²) in [6.07, 6.45) is 0. The first kappa shape index (κ1) is 19.6. The maximum absolute atomic E-state index is 11.0. The highest BCUT2D eigenvalue weighted by Gasteiger charge is 2.20. The zero-order valence-electron chi connectivity index (χ0n) is 18.6. The van der Waals surface area contributed by atoms with Crippen molar-refractivity contribution in [3.8, 4) is 22.6 Å². The van der Waals surface area contributed by atoms with Crippen LogP contribution in [0.2, 0.25) is 0 Å². The summed E-state index contributed by atoms with van der Waals surface area (Å²) in [5, 5.41) is 28.3. The van der Waals surface area contributed by atoms with Crippen molar-refractivity contribution in [1.82, 2.24) is 0 Å². The summed E-state index contributed by atoms with van der Waals surface area (Å²) < 4.78 is 0. The Bertz CT molecular complexity index is 1630. The molecule has 2 nitrogen and oxygen atoms in total. The van der Waals surface area contributed by atoms with Crippen LogP contribution < -0.4 is 0 Å². The van der Waals surface area contributed by atoms with E-state index in [0.717, 1.165) is 22.3 Å². The van der Waals surface area contributed by atoms with Gasteiger partial charge in [-0.3, -0.25) is 0 Å². The first-order valence-corrected chi connectivity index (χ1v) is 11.3. The molecular weight excluding hydrogens is 404 g/mol. The number of rotatable bonds is 3. The van der Waals surface area contributed by atoms with Crippen molar-refractivity contribution in [2.75, 3.05) is 0 Å². The van der Waals surface area contributed by atoms with Gasteiger partial charge in [-0.2, -0.15) is 0 Å². The predicted molar refractivity (Wildman–Crippen MR) is 138 cm³/mol. The van der Waals surface area contributed by atoms with Crippen molar-refractivity contribution < 1.29 is 10.2 Å². The van der Waals surface area contributed by atoms with Crippen LogP contribution in [0, 0.1) is 6.92 Å². The fourth-order valence-electron chi connectivity index (χ4n) is 5.26. The Morgan fingerprint density at radius 2 is 1.24 bits per heavy atom. The smallest absolute Gasteiger partial charge is 0.122 e. The zero-order valence-corrected chi connectivity index (χ0v) is 18.6. The standard InChI is InChI=1S/C31H24O2/c1-18-16-24(20-8-12-25(32)13-9-20)17-28(31(18)33)19(2)26-14-10-23-7-6-21-4-3-5-22-11-15-27(26)30(23)29(21)22/h3-17,19,32-33H,1-2H3. The molecule has 0 aliphatic rings. The van der Waals surface area contributed by atoms with Crippen LogP contribution >= 0.6 is 0 Å². The maximum Gasteiger partial charge on any atom is 0.122 e. The van der Waals surface area contributed by atoms with E-state index in [9.17, 15) is 10.2 Å². The Morgan fingerprint density at radius 3 is 1.97 bits per heavy atom. The number of benzene rings is 6. The molecule has 6 aromatic rings. The minimum absolute atomic E-state index is 0.00494. The van der Waals surface area contributed by atoms with Gasteiger partial charge in [0.1, 0.15) is 11.5 Å². The summed E-state index contributed by atoms with van der Waals surface area (Å²) in [6.45, 7) is 4.11. The highest BCUT2D eigenvalue weighted by atomic mass is 16.3. The predicted octanol–water partition coefficient (Wildman–Crippen LogP) is 8.12.